The van der Waals surface area contributed by atoms with Crippen LogP contribution in [0, 0.1) is 0 Å². The molecule has 55 heavy (non-hydrogen) atoms. The van der Waals surface area contributed by atoms with Crippen LogP contribution in [0.1, 0.15) is 155 Å². The van der Waals surface area contributed by atoms with Crippen molar-refractivity contribution in [2.24, 2.45) is 0 Å². The average molecular weight is 775 g/mol. The number of carboxylic acid groups (broad SMARTS) is 1. The number of unbranched alkanes of at least 4 members (excludes halogenated alkanes) is 14. The number of likely N-dealkylation sites (N-methyl/N-ethyl adjacent to an activating group) is 1. The van der Waals surface area contributed by atoms with E-state index in [2.05, 4.69) is 56.4 Å². The molecule has 2 unspecified atom stereocenters. The molecule has 9 heteroatoms. The van der Waals surface area contributed by atoms with E-state index in [0.29, 0.717) is 17.4 Å². The molecule has 0 amide bonds. The molecule has 0 aromatic carbocycles. The zero-order chi connectivity index (χ0) is 40.7. The third-order valence-electron chi connectivity index (χ3n) is 8.82. The van der Waals surface area contributed by atoms with E-state index in [1.54, 1.807) is 6.08 Å². The lowest BCUT2D eigenvalue weighted by Gasteiger charge is -2.25. The molecular weight excluding hydrogens is 695 g/mol. The van der Waals surface area contributed by atoms with Gasteiger partial charge in [0.15, 0.2) is 6.10 Å². The number of carbonyl (C=O) groups excluding carboxylic acids is 2. The second kappa shape index (κ2) is 37.9. The molecule has 0 bridgehead atoms. The number of quaternary nitrogens is 1. The molecule has 0 fully saturated rings. The molecule has 0 aliphatic heterocycles. The minimum absolute atomic E-state index is 0.0272. The van der Waals surface area contributed by atoms with Crippen molar-refractivity contribution in [3.05, 3.63) is 60.8 Å². The number of hydrogen-bond donors (Lipinski definition) is 1. The van der Waals surface area contributed by atoms with Gasteiger partial charge in [0, 0.05) is 6.42 Å². The van der Waals surface area contributed by atoms with Crippen LogP contribution >= 0.6 is 0 Å². The van der Waals surface area contributed by atoms with Gasteiger partial charge in [-0.2, -0.15) is 0 Å². The topological polar surface area (TPSA) is 108 Å². The molecule has 0 rings (SSSR count). The summed E-state index contributed by atoms with van der Waals surface area (Å²) in [5.74, 6) is -2.18. The van der Waals surface area contributed by atoms with E-state index >= 15 is 0 Å². The fourth-order valence-corrected chi connectivity index (χ4v) is 5.50. The monoisotopic (exact) mass is 775 g/mol. The third-order valence-corrected chi connectivity index (χ3v) is 8.82. The summed E-state index contributed by atoms with van der Waals surface area (Å²) >= 11 is 0. The third kappa shape index (κ3) is 39.0. The largest absolute Gasteiger partial charge is 0.477 e. The summed E-state index contributed by atoms with van der Waals surface area (Å²) in [6.45, 7) is 4.63. The van der Waals surface area contributed by atoms with Crippen LogP contribution in [0.25, 0.3) is 0 Å². The van der Waals surface area contributed by atoms with Gasteiger partial charge in [-0.25, -0.2) is 4.79 Å². The van der Waals surface area contributed by atoms with Gasteiger partial charge in [0.2, 0.25) is 0 Å². The highest BCUT2D eigenvalue weighted by molar-refractivity contribution is 5.72. The SMILES string of the molecule is CC/C=C\C/C=C\C/C=C\C/C=C\C/C=C\CC(=O)OC(COC(=O)CCCCCCCCCCCCCCCCC)COC(OCC[N+](C)(C)C)C(=O)O. The number of ether oxygens (including phenoxy) is 4. The number of carboxylic acids is 1. The summed E-state index contributed by atoms with van der Waals surface area (Å²) in [6.07, 6.45) is 41.7. The number of esters is 2. The van der Waals surface area contributed by atoms with Crippen molar-refractivity contribution < 1.29 is 42.9 Å². The molecule has 9 nitrogen and oxygen atoms in total. The van der Waals surface area contributed by atoms with Crippen molar-refractivity contribution in [2.45, 2.75) is 167 Å². The standard InChI is InChI=1S/C46H79NO8/c1-6-8-10-12-14-16-18-20-22-24-26-28-30-32-34-36-43(48)53-40-42(41-54-46(45(50)51)52-39-38-47(3,4)5)55-44(49)37-35-33-31-29-27-25-23-21-19-17-15-13-11-9-7-2/h9,11,15,17,21,23,27,29,33,35,42,46H,6-8,10,12-14,16,18-20,22,24-26,28,30-32,34,36-41H2,1-5H3/p+1/b11-9-,17-15-,23-21-,29-27-,35-33-. The first kappa shape index (κ1) is 52.0. The fraction of sp³-hybridized carbons (Fsp3) is 0.717. The molecule has 0 aromatic heterocycles. The Bertz CT molecular complexity index is 1090. The first-order chi connectivity index (χ1) is 26.6. The minimum atomic E-state index is -1.53. The Balaban J connectivity index is 4.60. The Kier molecular flexibility index (Phi) is 35.8. The summed E-state index contributed by atoms with van der Waals surface area (Å²) < 4.78 is 22.5. The van der Waals surface area contributed by atoms with Crippen LogP contribution in [0.2, 0.25) is 0 Å². The molecule has 0 saturated carbocycles. The quantitative estimate of drug-likeness (QED) is 0.0217. The van der Waals surface area contributed by atoms with Crippen LogP contribution in [0.5, 0.6) is 0 Å². The van der Waals surface area contributed by atoms with Crippen molar-refractivity contribution in [3.8, 4) is 0 Å². The normalized spacial score (nSPS) is 13.5. The van der Waals surface area contributed by atoms with E-state index in [1.807, 2.05) is 33.3 Å². The first-order valence-electron chi connectivity index (χ1n) is 21.5. The van der Waals surface area contributed by atoms with Gasteiger partial charge < -0.3 is 28.5 Å². The highest BCUT2D eigenvalue weighted by Crippen LogP contribution is 2.14. The molecule has 0 aliphatic rings. The highest BCUT2D eigenvalue weighted by atomic mass is 16.7. The maximum atomic E-state index is 12.7. The average Bonchev–Trinajstić information content (AvgIpc) is 3.14. The smallest absolute Gasteiger partial charge is 0.361 e. The van der Waals surface area contributed by atoms with E-state index in [-0.39, 0.29) is 38.6 Å². The summed E-state index contributed by atoms with van der Waals surface area (Å²) in [5.41, 5.74) is 0. The van der Waals surface area contributed by atoms with Gasteiger partial charge in [0.05, 0.1) is 40.8 Å². The number of carbonyl (C=O) groups is 3. The highest BCUT2D eigenvalue weighted by Gasteiger charge is 2.24. The lowest BCUT2D eigenvalue weighted by atomic mass is 10.0. The van der Waals surface area contributed by atoms with E-state index < -0.39 is 24.3 Å². The molecule has 0 radical (unpaired) electrons. The summed E-state index contributed by atoms with van der Waals surface area (Å²) in [6, 6.07) is 0. The summed E-state index contributed by atoms with van der Waals surface area (Å²) in [4.78, 5) is 37.0. The Morgan fingerprint density at radius 1 is 0.564 bits per heavy atom. The zero-order valence-electron chi connectivity index (χ0n) is 35.6. The molecule has 316 valence electrons. The maximum Gasteiger partial charge on any atom is 0.361 e. The Labute approximate surface area is 335 Å². The number of aliphatic carboxylic acids is 1. The van der Waals surface area contributed by atoms with Crippen molar-refractivity contribution in [3.63, 3.8) is 0 Å². The van der Waals surface area contributed by atoms with Crippen LogP contribution in [0.3, 0.4) is 0 Å². The summed E-state index contributed by atoms with van der Waals surface area (Å²) in [5, 5.41) is 9.61. The second-order valence-electron chi connectivity index (χ2n) is 15.3. The Hall–Kier alpha value is -3.01. The first-order valence-corrected chi connectivity index (χ1v) is 21.5. The molecule has 0 saturated heterocycles. The van der Waals surface area contributed by atoms with Crippen LogP contribution in [-0.4, -0.2) is 87.4 Å². The van der Waals surface area contributed by atoms with Crippen molar-refractivity contribution in [1.82, 2.24) is 0 Å². The van der Waals surface area contributed by atoms with Gasteiger partial charge in [-0.15, -0.1) is 0 Å². The lowest BCUT2D eigenvalue weighted by Crippen LogP contribution is -2.40. The van der Waals surface area contributed by atoms with Gasteiger partial charge in [0.25, 0.3) is 6.29 Å². The maximum absolute atomic E-state index is 12.7. The molecule has 0 aromatic rings. The molecule has 0 aliphatic carbocycles. The van der Waals surface area contributed by atoms with Crippen LogP contribution in [0.4, 0.5) is 0 Å². The fourth-order valence-electron chi connectivity index (χ4n) is 5.50. The Morgan fingerprint density at radius 3 is 1.47 bits per heavy atom. The molecule has 1 N–H and O–H groups in total. The van der Waals surface area contributed by atoms with Crippen LogP contribution in [-0.2, 0) is 33.3 Å². The van der Waals surface area contributed by atoms with Crippen LogP contribution < -0.4 is 0 Å². The predicted molar refractivity (Wildman–Crippen MR) is 226 cm³/mol. The predicted octanol–water partition coefficient (Wildman–Crippen LogP) is 11.0. The number of nitrogens with zero attached hydrogens (tertiary/aromatic N) is 1. The van der Waals surface area contributed by atoms with Gasteiger partial charge in [-0.1, -0.05) is 164 Å². The molecule has 0 spiro atoms. The van der Waals surface area contributed by atoms with Gasteiger partial charge in [0.1, 0.15) is 13.2 Å². The lowest BCUT2D eigenvalue weighted by molar-refractivity contribution is -0.870. The van der Waals surface area contributed by atoms with Gasteiger partial charge in [-0.05, 0) is 38.5 Å². The van der Waals surface area contributed by atoms with E-state index in [4.69, 9.17) is 18.9 Å². The van der Waals surface area contributed by atoms with Crippen LogP contribution in [0.15, 0.2) is 60.8 Å². The number of hydrogen-bond acceptors (Lipinski definition) is 7. The second-order valence-corrected chi connectivity index (χ2v) is 15.3. The van der Waals surface area contributed by atoms with E-state index in [0.717, 1.165) is 44.9 Å². The van der Waals surface area contributed by atoms with E-state index in [9.17, 15) is 19.5 Å². The molecule has 0 heterocycles. The number of allylic oxidation sites excluding steroid dienone is 9. The number of rotatable bonds is 38. The molecule has 2 atom stereocenters. The Morgan fingerprint density at radius 2 is 1.02 bits per heavy atom. The van der Waals surface area contributed by atoms with Gasteiger partial charge >= 0.3 is 17.9 Å². The van der Waals surface area contributed by atoms with Crippen molar-refractivity contribution >= 4 is 17.9 Å². The summed E-state index contributed by atoms with van der Waals surface area (Å²) in [7, 11) is 5.92. The van der Waals surface area contributed by atoms with Crippen molar-refractivity contribution in [2.75, 3.05) is 47.5 Å². The minimum Gasteiger partial charge on any atom is -0.477 e. The zero-order valence-corrected chi connectivity index (χ0v) is 35.6. The van der Waals surface area contributed by atoms with Gasteiger partial charge in [-0.3, -0.25) is 9.59 Å². The van der Waals surface area contributed by atoms with Crippen molar-refractivity contribution in [1.29, 1.82) is 0 Å². The molecular formula is C46H80NO8+. The van der Waals surface area contributed by atoms with E-state index in [1.165, 1.54) is 77.0 Å².